The second-order valence-corrected chi connectivity index (χ2v) is 6.76. The van der Waals surface area contributed by atoms with E-state index in [1.807, 2.05) is 0 Å². The van der Waals surface area contributed by atoms with Crippen LogP contribution in [0.1, 0.15) is 17.0 Å². The third-order valence-electron chi connectivity index (χ3n) is 2.93. The van der Waals surface area contributed by atoms with E-state index in [0.29, 0.717) is 16.9 Å². The average Bonchev–Trinajstić information content (AvgIpc) is 2.42. The smallest absolute Gasteiger partial charge is 0.241 e. The molecule has 1 heterocycles. The van der Waals surface area contributed by atoms with Crippen LogP contribution in [0.25, 0.3) is 0 Å². The van der Waals surface area contributed by atoms with Gasteiger partial charge in [0, 0.05) is 16.9 Å². The minimum atomic E-state index is -3.73. The molecule has 0 unspecified atom stereocenters. The molecule has 0 amide bonds. The van der Waals surface area contributed by atoms with Crippen LogP contribution in [0.5, 0.6) is 0 Å². The van der Waals surface area contributed by atoms with E-state index in [0.717, 1.165) is 5.69 Å². The topological polar surface area (TPSA) is 98.0 Å². The van der Waals surface area contributed by atoms with Gasteiger partial charge in [-0.2, -0.15) is 0 Å². The van der Waals surface area contributed by atoms with Crippen molar-refractivity contribution in [1.29, 1.82) is 0 Å². The number of nitrogens with two attached hydrogens (primary N) is 1. The van der Waals surface area contributed by atoms with Crippen molar-refractivity contribution in [2.24, 2.45) is 0 Å². The van der Waals surface area contributed by atoms with Crippen LogP contribution in [0.4, 0.5) is 5.69 Å². The Bertz CT molecular complexity index is 760. The first kappa shape index (κ1) is 15.7. The highest BCUT2D eigenvalue weighted by Crippen LogP contribution is 2.25. The number of nitrogen functional groups attached to an aromatic ring is 1. The third-order valence-corrected chi connectivity index (χ3v) is 4.68. The SMILES string of the molecule is Cc1cnc(CNS(=O)(=O)c2cc(Cl)cc(N)c2C)cn1. The maximum Gasteiger partial charge on any atom is 0.241 e. The van der Waals surface area contributed by atoms with E-state index in [9.17, 15) is 8.42 Å². The highest BCUT2D eigenvalue weighted by Gasteiger charge is 2.19. The number of anilines is 1. The molecule has 0 bridgehead atoms. The normalized spacial score (nSPS) is 11.6. The zero-order valence-electron chi connectivity index (χ0n) is 11.6. The first-order valence-corrected chi connectivity index (χ1v) is 7.98. The molecule has 1 aromatic carbocycles. The van der Waals surface area contributed by atoms with Crippen LogP contribution < -0.4 is 10.5 Å². The van der Waals surface area contributed by atoms with Crippen LogP contribution in [0.2, 0.25) is 5.02 Å². The van der Waals surface area contributed by atoms with Crippen molar-refractivity contribution in [2.75, 3.05) is 5.73 Å². The number of nitrogens with one attached hydrogen (secondary N) is 1. The number of hydrogen-bond acceptors (Lipinski definition) is 5. The van der Waals surface area contributed by atoms with E-state index in [4.69, 9.17) is 17.3 Å². The molecular formula is C13H15ClN4O2S. The largest absolute Gasteiger partial charge is 0.398 e. The number of aryl methyl sites for hydroxylation is 1. The number of benzene rings is 1. The van der Waals surface area contributed by atoms with E-state index in [-0.39, 0.29) is 16.5 Å². The van der Waals surface area contributed by atoms with Crippen LogP contribution in [0.3, 0.4) is 0 Å². The molecule has 112 valence electrons. The predicted octanol–water partition coefficient (Wildman–Crippen LogP) is 1.81. The van der Waals surface area contributed by atoms with Crippen molar-refractivity contribution in [3.05, 3.63) is 46.5 Å². The highest BCUT2D eigenvalue weighted by molar-refractivity contribution is 7.89. The molecule has 0 spiro atoms. The third kappa shape index (κ3) is 3.69. The Morgan fingerprint density at radius 3 is 2.57 bits per heavy atom. The van der Waals surface area contributed by atoms with Crippen LogP contribution in [0, 0.1) is 13.8 Å². The molecule has 8 heteroatoms. The molecule has 2 rings (SSSR count). The zero-order chi connectivity index (χ0) is 15.6. The molecule has 0 atom stereocenters. The summed E-state index contributed by atoms with van der Waals surface area (Å²) in [5.74, 6) is 0. The van der Waals surface area contributed by atoms with Crippen molar-refractivity contribution in [3.8, 4) is 0 Å². The van der Waals surface area contributed by atoms with Gasteiger partial charge >= 0.3 is 0 Å². The summed E-state index contributed by atoms with van der Waals surface area (Å²) in [6.45, 7) is 3.48. The fourth-order valence-electron chi connectivity index (χ4n) is 1.71. The summed E-state index contributed by atoms with van der Waals surface area (Å²) in [6.07, 6.45) is 3.10. The lowest BCUT2D eigenvalue weighted by molar-refractivity contribution is 0.579. The van der Waals surface area contributed by atoms with E-state index in [1.54, 1.807) is 20.0 Å². The van der Waals surface area contributed by atoms with Gasteiger partial charge in [-0.3, -0.25) is 9.97 Å². The van der Waals surface area contributed by atoms with Gasteiger partial charge in [-0.05, 0) is 31.5 Å². The Balaban J connectivity index is 2.25. The Kier molecular flexibility index (Phi) is 4.46. The number of halogens is 1. The Morgan fingerprint density at radius 1 is 1.24 bits per heavy atom. The van der Waals surface area contributed by atoms with E-state index in [2.05, 4.69) is 14.7 Å². The van der Waals surface area contributed by atoms with E-state index < -0.39 is 10.0 Å². The summed E-state index contributed by atoms with van der Waals surface area (Å²) in [4.78, 5) is 8.21. The maximum atomic E-state index is 12.3. The predicted molar refractivity (Wildman–Crippen MR) is 81.4 cm³/mol. The number of rotatable bonds is 4. The molecule has 6 nitrogen and oxygen atoms in total. The first-order valence-electron chi connectivity index (χ1n) is 6.12. The van der Waals surface area contributed by atoms with Crippen molar-refractivity contribution >= 4 is 27.3 Å². The van der Waals surface area contributed by atoms with Crippen LogP contribution >= 0.6 is 11.6 Å². The Labute approximate surface area is 128 Å². The fourth-order valence-corrected chi connectivity index (χ4v) is 3.30. The molecule has 1 aromatic heterocycles. The summed E-state index contributed by atoms with van der Waals surface area (Å²) in [5, 5.41) is 0.272. The second kappa shape index (κ2) is 5.97. The number of aromatic nitrogens is 2. The van der Waals surface area contributed by atoms with Gasteiger partial charge in [0.1, 0.15) is 0 Å². The second-order valence-electron chi connectivity index (χ2n) is 4.59. The van der Waals surface area contributed by atoms with Gasteiger partial charge in [-0.25, -0.2) is 13.1 Å². The highest BCUT2D eigenvalue weighted by atomic mass is 35.5. The van der Waals surface area contributed by atoms with Crippen molar-refractivity contribution in [3.63, 3.8) is 0 Å². The maximum absolute atomic E-state index is 12.3. The average molecular weight is 327 g/mol. The number of sulfonamides is 1. The van der Waals surface area contributed by atoms with Gasteiger partial charge in [0.2, 0.25) is 10.0 Å². The van der Waals surface area contributed by atoms with Gasteiger partial charge in [0.15, 0.2) is 0 Å². The summed E-state index contributed by atoms with van der Waals surface area (Å²) < 4.78 is 27.1. The monoisotopic (exact) mass is 326 g/mol. The van der Waals surface area contributed by atoms with Crippen LogP contribution in [0.15, 0.2) is 29.4 Å². The van der Waals surface area contributed by atoms with Crippen molar-refractivity contribution < 1.29 is 8.42 Å². The number of hydrogen-bond donors (Lipinski definition) is 2. The van der Waals surface area contributed by atoms with Gasteiger partial charge in [-0.1, -0.05) is 11.6 Å². The van der Waals surface area contributed by atoms with Crippen molar-refractivity contribution in [1.82, 2.24) is 14.7 Å². The minimum Gasteiger partial charge on any atom is -0.398 e. The van der Waals surface area contributed by atoms with E-state index >= 15 is 0 Å². The molecule has 0 aliphatic rings. The minimum absolute atomic E-state index is 0.0431. The lowest BCUT2D eigenvalue weighted by Gasteiger charge is -2.11. The first-order chi connectivity index (χ1) is 9.79. The summed E-state index contributed by atoms with van der Waals surface area (Å²) >= 11 is 5.87. The molecule has 0 saturated carbocycles. The molecule has 0 aliphatic carbocycles. The Morgan fingerprint density at radius 2 is 1.95 bits per heavy atom. The van der Waals surface area contributed by atoms with E-state index in [1.165, 1.54) is 18.3 Å². The van der Waals surface area contributed by atoms with Crippen molar-refractivity contribution in [2.45, 2.75) is 25.3 Å². The molecule has 2 aromatic rings. The molecule has 0 radical (unpaired) electrons. The lowest BCUT2D eigenvalue weighted by atomic mass is 10.2. The molecule has 0 aliphatic heterocycles. The fraction of sp³-hybridized carbons (Fsp3) is 0.231. The summed E-state index contributed by atoms with van der Waals surface area (Å²) in [6, 6.07) is 2.89. The lowest BCUT2D eigenvalue weighted by Crippen LogP contribution is -2.25. The standard InChI is InChI=1S/C13H15ClN4O2S/c1-8-5-17-11(6-16-8)7-18-21(19,20)13-4-10(14)3-12(15)9(13)2/h3-6,18H,7,15H2,1-2H3. The van der Waals surface area contributed by atoms with Gasteiger partial charge < -0.3 is 5.73 Å². The van der Waals surface area contributed by atoms with Gasteiger partial charge in [-0.15, -0.1) is 0 Å². The quantitative estimate of drug-likeness (QED) is 0.835. The molecule has 3 N–H and O–H groups in total. The van der Waals surface area contributed by atoms with Gasteiger partial charge in [0.05, 0.1) is 29.0 Å². The van der Waals surface area contributed by atoms with Gasteiger partial charge in [0.25, 0.3) is 0 Å². The zero-order valence-corrected chi connectivity index (χ0v) is 13.2. The summed E-state index contributed by atoms with van der Waals surface area (Å²) in [7, 11) is -3.73. The Hall–Kier alpha value is -1.70. The summed E-state index contributed by atoms with van der Waals surface area (Å²) in [5.41, 5.74) is 7.82. The molecular weight excluding hydrogens is 312 g/mol. The molecule has 21 heavy (non-hydrogen) atoms. The van der Waals surface area contributed by atoms with Crippen LogP contribution in [-0.2, 0) is 16.6 Å². The molecule has 0 saturated heterocycles. The molecule has 0 fully saturated rings. The van der Waals surface area contributed by atoms with Crippen LogP contribution in [-0.4, -0.2) is 18.4 Å². The number of nitrogens with zero attached hydrogens (tertiary/aromatic N) is 2.